The number of anilines is 1. The molecular weight excluding hydrogens is 222 g/mol. The van der Waals surface area contributed by atoms with E-state index in [2.05, 4.69) is 0 Å². The fraction of sp³-hybridized carbons (Fsp3) is 0.125. The molecule has 0 radical (unpaired) electrons. The average molecular weight is 231 g/mol. The monoisotopic (exact) mass is 231 g/mol. The van der Waals surface area contributed by atoms with Crippen molar-refractivity contribution in [1.29, 1.82) is 0 Å². The lowest BCUT2D eigenvalue weighted by Crippen LogP contribution is -2.11. The Labute approximate surface area is 86.4 Å². The van der Waals surface area contributed by atoms with E-state index in [-0.39, 0.29) is 11.3 Å². The van der Waals surface area contributed by atoms with E-state index in [1.807, 2.05) is 4.72 Å². The second-order valence-electron chi connectivity index (χ2n) is 2.91. The molecule has 0 spiro atoms. The molecule has 0 aliphatic heterocycles. The molecule has 1 aromatic rings. The van der Waals surface area contributed by atoms with Crippen LogP contribution in [0.5, 0.6) is 0 Å². The number of hydrogen-bond donors (Lipinski definition) is 3. The predicted octanol–water partition coefficient (Wildman–Crippen LogP) is 0.908. The molecule has 0 aromatic heterocycles. The average Bonchev–Trinajstić information content (AvgIpc) is 2.05. The van der Waals surface area contributed by atoms with Gasteiger partial charge >= 0.3 is 16.3 Å². The number of aryl methyl sites for hydroxylation is 1. The van der Waals surface area contributed by atoms with E-state index in [9.17, 15) is 13.2 Å². The number of carbonyl (C=O) groups is 1. The molecule has 1 aromatic carbocycles. The Bertz CT molecular complexity index is 494. The maximum Gasteiger partial charge on any atom is 0.357 e. The van der Waals surface area contributed by atoms with E-state index in [1.54, 1.807) is 0 Å². The zero-order valence-corrected chi connectivity index (χ0v) is 8.58. The van der Waals surface area contributed by atoms with Gasteiger partial charge in [-0.05, 0) is 30.7 Å². The molecule has 0 aliphatic carbocycles. The summed E-state index contributed by atoms with van der Waals surface area (Å²) in [7, 11) is -4.33. The lowest BCUT2D eigenvalue weighted by atomic mass is 10.1. The van der Waals surface area contributed by atoms with Gasteiger partial charge in [-0.25, -0.2) is 4.79 Å². The Morgan fingerprint density at radius 2 is 2.00 bits per heavy atom. The Balaban J connectivity index is 3.09. The van der Waals surface area contributed by atoms with Gasteiger partial charge in [0.1, 0.15) is 0 Å². The van der Waals surface area contributed by atoms with Crippen molar-refractivity contribution in [3.63, 3.8) is 0 Å². The summed E-state index contributed by atoms with van der Waals surface area (Å²) in [5, 5.41) is 8.64. The SMILES string of the molecule is Cc1cc(C(=O)O)ccc1NS(=O)(=O)O. The Morgan fingerprint density at radius 1 is 1.40 bits per heavy atom. The molecule has 0 fully saturated rings. The first-order valence-corrected chi connectivity index (χ1v) is 5.33. The normalized spacial score (nSPS) is 11.1. The zero-order chi connectivity index (χ0) is 11.6. The number of benzene rings is 1. The molecule has 0 saturated heterocycles. The van der Waals surface area contributed by atoms with Crippen LogP contribution in [0.1, 0.15) is 15.9 Å². The van der Waals surface area contributed by atoms with Crippen molar-refractivity contribution in [2.75, 3.05) is 4.72 Å². The fourth-order valence-corrected chi connectivity index (χ4v) is 1.56. The summed E-state index contributed by atoms with van der Waals surface area (Å²) in [6.45, 7) is 1.53. The molecule has 0 aliphatic rings. The first kappa shape index (κ1) is 11.5. The second kappa shape index (κ2) is 3.87. The van der Waals surface area contributed by atoms with Crippen molar-refractivity contribution in [3.8, 4) is 0 Å². The maximum atomic E-state index is 10.6. The van der Waals surface area contributed by atoms with E-state index in [0.717, 1.165) is 0 Å². The van der Waals surface area contributed by atoms with E-state index in [4.69, 9.17) is 9.66 Å². The van der Waals surface area contributed by atoms with Gasteiger partial charge < -0.3 is 5.11 Å². The van der Waals surface area contributed by atoms with Gasteiger partial charge in [-0.2, -0.15) is 8.42 Å². The summed E-state index contributed by atoms with van der Waals surface area (Å²) < 4.78 is 31.4. The highest BCUT2D eigenvalue weighted by Crippen LogP contribution is 2.17. The third kappa shape index (κ3) is 3.22. The van der Waals surface area contributed by atoms with Gasteiger partial charge in [0.25, 0.3) is 0 Å². The minimum absolute atomic E-state index is 0.0494. The molecular formula is C8H9NO5S. The standard InChI is InChI=1S/C8H9NO5S/c1-5-4-6(8(10)11)2-3-7(5)9-15(12,13)14/h2-4,9H,1H3,(H,10,11)(H,12,13,14). The molecule has 3 N–H and O–H groups in total. The number of aromatic carboxylic acids is 1. The highest BCUT2D eigenvalue weighted by atomic mass is 32.2. The summed E-state index contributed by atoms with van der Waals surface area (Å²) >= 11 is 0. The van der Waals surface area contributed by atoms with Crippen LogP contribution in [0.4, 0.5) is 5.69 Å². The van der Waals surface area contributed by atoms with Crippen molar-refractivity contribution in [1.82, 2.24) is 0 Å². The molecule has 0 unspecified atom stereocenters. The van der Waals surface area contributed by atoms with Gasteiger partial charge in [-0.15, -0.1) is 0 Å². The lowest BCUT2D eigenvalue weighted by Gasteiger charge is -2.06. The molecule has 0 heterocycles. The smallest absolute Gasteiger partial charge is 0.357 e. The highest BCUT2D eigenvalue weighted by Gasteiger charge is 2.09. The van der Waals surface area contributed by atoms with Crippen LogP contribution in [0, 0.1) is 6.92 Å². The Morgan fingerprint density at radius 3 is 2.40 bits per heavy atom. The zero-order valence-electron chi connectivity index (χ0n) is 7.76. The van der Waals surface area contributed by atoms with E-state index >= 15 is 0 Å². The van der Waals surface area contributed by atoms with Crippen LogP contribution in [-0.4, -0.2) is 24.0 Å². The molecule has 0 amide bonds. The highest BCUT2D eigenvalue weighted by molar-refractivity contribution is 7.87. The number of nitrogens with one attached hydrogen (secondary N) is 1. The number of carboxylic acid groups (broad SMARTS) is 1. The van der Waals surface area contributed by atoms with Crippen molar-refractivity contribution >= 4 is 22.0 Å². The van der Waals surface area contributed by atoms with Crippen LogP contribution in [0.25, 0.3) is 0 Å². The predicted molar refractivity (Wildman–Crippen MR) is 53.3 cm³/mol. The molecule has 0 bridgehead atoms. The first-order valence-electron chi connectivity index (χ1n) is 3.89. The van der Waals surface area contributed by atoms with Gasteiger partial charge in [0, 0.05) is 0 Å². The van der Waals surface area contributed by atoms with Gasteiger partial charge in [-0.1, -0.05) is 0 Å². The van der Waals surface area contributed by atoms with Crippen LogP contribution in [0.2, 0.25) is 0 Å². The van der Waals surface area contributed by atoms with Crippen LogP contribution >= 0.6 is 0 Å². The van der Waals surface area contributed by atoms with E-state index < -0.39 is 16.3 Å². The first-order chi connectivity index (χ1) is 6.79. The molecule has 0 saturated carbocycles. The molecule has 6 nitrogen and oxygen atoms in total. The number of hydrogen-bond acceptors (Lipinski definition) is 3. The summed E-state index contributed by atoms with van der Waals surface area (Å²) in [6.07, 6.45) is 0. The molecule has 7 heteroatoms. The van der Waals surface area contributed by atoms with Gasteiger partial charge in [0.2, 0.25) is 0 Å². The van der Waals surface area contributed by atoms with Gasteiger partial charge in [0.05, 0.1) is 11.3 Å². The van der Waals surface area contributed by atoms with Crippen LogP contribution in [0.15, 0.2) is 18.2 Å². The van der Waals surface area contributed by atoms with Crippen molar-refractivity contribution < 1.29 is 22.9 Å². The third-order valence-corrected chi connectivity index (χ3v) is 2.19. The third-order valence-electron chi connectivity index (χ3n) is 1.71. The Hall–Kier alpha value is -1.60. The summed E-state index contributed by atoms with van der Waals surface area (Å²) in [5.41, 5.74) is 0.600. The molecule has 0 atom stereocenters. The largest absolute Gasteiger partial charge is 0.478 e. The lowest BCUT2D eigenvalue weighted by molar-refractivity contribution is 0.0697. The minimum atomic E-state index is -4.33. The number of rotatable bonds is 3. The fourth-order valence-electron chi connectivity index (χ4n) is 1.05. The quantitative estimate of drug-likeness (QED) is 0.671. The van der Waals surface area contributed by atoms with E-state index in [1.165, 1.54) is 25.1 Å². The van der Waals surface area contributed by atoms with Crippen LogP contribution in [-0.2, 0) is 10.3 Å². The maximum absolute atomic E-state index is 10.6. The van der Waals surface area contributed by atoms with Crippen molar-refractivity contribution in [3.05, 3.63) is 29.3 Å². The number of carboxylic acids is 1. The topological polar surface area (TPSA) is 104 Å². The summed E-state index contributed by atoms with van der Waals surface area (Å²) in [5.74, 6) is -1.10. The second-order valence-corrected chi connectivity index (χ2v) is 4.07. The van der Waals surface area contributed by atoms with Crippen molar-refractivity contribution in [2.45, 2.75) is 6.92 Å². The Kier molecular flexibility index (Phi) is 2.96. The van der Waals surface area contributed by atoms with Gasteiger partial charge in [0.15, 0.2) is 0 Å². The molecule has 1 rings (SSSR count). The minimum Gasteiger partial charge on any atom is -0.478 e. The molecule has 82 valence electrons. The summed E-state index contributed by atoms with van der Waals surface area (Å²) in [6, 6.07) is 3.81. The van der Waals surface area contributed by atoms with Crippen molar-refractivity contribution in [2.24, 2.45) is 0 Å². The van der Waals surface area contributed by atoms with Gasteiger partial charge in [-0.3, -0.25) is 9.27 Å². The summed E-state index contributed by atoms with van der Waals surface area (Å²) in [4.78, 5) is 10.6. The molecule has 15 heavy (non-hydrogen) atoms. The van der Waals surface area contributed by atoms with Crippen LogP contribution in [0.3, 0.4) is 0 Å². The van der Waals surface area contributed by atoms with E-state index in [0.29, 0.717) is 5.56 Å². The van der Waals surface area contributed by atoms with Crippen LogP contribution < -0.4 is 4.72 Å².